The highest BCUT2D eigenvalue weighted by Gasteiger charge is 2.07. The lowest BCUT2D eigenvalue weighted by Crippen LogP contribution is -2.23. The molecule has 108 valence electrons. The molecule has 0 atom stereocenters. The molecule has 2 aromatic rings. The Balaban J connectivity index is 1.95. The van der Waals surface area contributed by atoms with Crippen LogP contribution < -0.4 is 10.1 Å². The lowest BCUT2D eigenvalue weighted by atomic mass is 10.2. The Bertz CT molecular complexity index is 523. The third kappa shape index (κ3) is 4.62. The highest BCUT2D eigenvalue weighted by Crippen LogP contribution is 2.18. The van der Waals surface area contributed by atoms with Crippen molar-refractivity contribution in [1.82, 2.24) is 10.3 Å². The predicted molar refractivity (Wildman–Crippen MR) is 84.5 cm³/mol. The van der Waals surface area contributed by atoms with Crippen molar-refractivity contribution < 1.29 is 4.74 Å². The highest BCUT2D eigenvalue weighted by atomic mass is 32.1. The highest BCUT2D eigenvalue weighted by molar-refractivity contribution is 7.09. The Labute approximate surface area is 125 Å². The number of hydrogen-bond acceptors (Lipinski definition) is 4. The summed E-state index contributed by atoms with van der Waals surface area (Å²) in [5.74, 6) is 0.889. The quantitative estimate of drug-likeness (QED) is 0.846. The minimum Gasteiger partial charge on any atom is -0.491 e. The molecule has 2 aromatic heterocycles. The van der Waals surface area contributed by atoms with E-state index in [2.05, 4.69) is 41.7 Å². The summed E-state index contributed by atoms with van der Waals surface area (Å²) >= 11 is 1.77. The average molecular weight is 290 g/mol. The van der Waals surface area contributed by atoms with Crippen LogP contribution >= 0.6 is 11.3 Å². The lowest BCUT2D eigenvalue weighted by molar-refractivity contribution is 0.316. The number of hydrogen-bond donors (Lipinski definition) is 1. The number of nitrogens with one attached hydrogen (secondary N) is 1. The van der Waals surface area contributed by atoms with Crippen molar-refractivity contribution in [3.05, 3.63) is 45.9 Å². The molecular formula is C16H22N2OS. The lowest BCUT2D eigenvalue weighted by Gasteiger charge is -2.13. The Morgan fingerprint density at radius 3 is 2.85 bits per heavy atom. The number of aromatic nitrogens is 1. The number of ether oxygens (including phenoxy) is 1. The smallest absolute Gasteiger partial charge is 0.142 e. The van der Waals surface area contributed by atoms with Crippen LogP contribution in [0.25, 0.3) is 0 Å². The van der Waals surface area contributed by atoms with E-state index < -0.39 is 0 Å². The Morgan fingerprint density at radius 1 is 1.30 bits per heavy atom. The second kappa shape index (κ2) is 7.41. The summed E-state index contributed by atoms with van der Waals surface area (Å²) in [5.41, 5.74) is 2.01. The SMILES string of the molecule is Cc1ccc(OCCc2cccs2)c(CNC(C)C)n1. The van der Waals surface area contributed by atoms with E-state index in [0.717, 1.165) is 30.1 Å². The zero-order valence-corrected chi connectivity index (χ0v) is 13.2. The maximum atomic E-state index is 5.90. The van der Waals surface area contributed by atoms with Crippen molar-refractivity contribution in [3.63, 3.8) is 0 Å². The normalized spacial score (nSPS) is 11.0. The number of aryl methyl sites for hydroxylation is 1. The first-order valence-electron chi connectivity index (χ1n) is 7.00. The number of rotatable bonds is 7. The zero-order valence-electron chi connectivity index (χ0n) is 12.3. The van der Waals surface area contributed by atoms with Crippen molar-refractivity contribution >= 4 is 11.3 Å². The van der Waals surface area contributed by atoms with E-state index in [-0.39, 0.29) is 0 Å². The van der Waals surface area contributed by atoms with Crippen molar-refractivity contribution in [2.45, 2.75) is 39.8 Å². The molecule has 0 aliphatic rings. The van der Waals surface area contributed by atoms with E-state index in [1.807, 2.05) is 19.1 Å². The van der Waals surface area contributed by atoms with E-state index in [4.69, 9.17) is 4.74 Å². The van der Waals surface area contributed by atoms with Gasteiger partial charge in [-0.15, -0.1) is 11.3 Å². The Hall–Kier alpha value is -1.39. The van der Waals surface area contributed by atoms with Crippen molar-refractivity contribution in [2.24, 2.45) is 0 Å². The van der Waals surface area contributed by atoms with E-state index in [0.29, 0.717) is 12.6 Å². The van der Waals surface area contributed by atoms with Gasteiger partial charge in [0, 0.05) is 29.6 Å². The number of pyridine rings is 1. The van der Waals surface area contributed by atoms with Gasteiger partial charge in [0.15, 0.2) is 0 Å². The van der Waals surface area contributed by atoms with Crippen molar-refractivity contribution in [1.29, 1.82) is 0 Å². The molecule has 0 bridgehead atoms. The molecule has 1 N–H and O–H groups in total. The largest absolute Gasteiger partial charge is 0.491 e. The molecule has 3 nitrogen and oxygen atoms in total. The minimum atomic E-state index is 0.441. The van der Waals surface area contributed by atoms with Gasteiger partial charge in [0.2, 0.25) is 0 Å². The third-order valence-electron chi connectivity index (χ3n) is 2.94. The summed E-state index contributed by atoms with van der Waals surface area (Å²) in [7, 11) is 0. The van der Waals surface area contributed by atoms with Crippen LogP contribution in [-0.2, 0) is 13.0 Å². The average Bonchev–Trinajstić information content (AvgIpc) is 2.91. The molecule has 0 aliphatic carbocycles. The van der Waals surface area contributed by atoms with E-state index in [1.165, 1.54) is 4.88 Å². The maximum absolute atomic E-state index is 5.90. The van der Waals surface area contributed by atoms with Gasteiger partial charge in [-0.3, -0.25) is 4.98 Å². The molecule has 0 spiro atoms. The van der Waals surface area contributed by atoms with E-state index in [9.17, 15) is 0 Å². The van der Waals surface area contributed by atoms with Crippen LogP contribution in [0.1, 0.15) is 30.1 Å². The molecule has 0 saturated carbocycles. The molecule has 0 fully saturated rings. The van der Waals surface area contributed by atoms with Gasteiger partial charge in [0.25, 0.3) is 0 Å². The van der Waals surface area contributed by atoms with Gasteiger partial charge in [-0.05, 0) is 30.5 Å². The fourth-order valence-electron chi connectivity index (χ4n) is 1.87. The second-order valence-electron chi connectivity index (χ2n) is 5.11. The van der Waals surface area contributed by atoms with Crippen LogP contribution in [0, 0.1) is 6.92 Å². The number of nitrogens with zero attached hydrogens (tertiary/aromatic N) is 1. The van der Waals surface area contributed by atoms with Gasteiger partial charge >= 0.3 is 0 Å². The fourth-order valence-corrected chi connectivity index (χ4v) is 2.56. The fraction of sp³-hybridized carbons (Fsp3) is 0.438. The summed E-state index contributed by atoms with van der Waals surface area (Å²) in [6.45, 7) is 7.71. The molecule has 2 rings (SSSR count). The molecule has 0 radical (unpaired) electrons. The van der Waals surface area contributed by atoms with Gasteiger partial charge in [-0.2, -0.15) is 0 Å². The minimum absolute atomic E-state index is 0.441. The second-order valence-corrected chi connectivity index (χ2v) is 6.14. The summed E-state index contributed by atoms with van der Waals surface area (Å²) in [4.78, 5) is 5.93. The predicted octanol–water partition coefficient (Wildman–Crippen LogP) is 3.57. The van der Waals surface area contributed by atoms with Gasteiger partial charge in [-0.25, -0.2) is 0 Å². The third-order valence-corrected chi connectivity index (χ3v) is 3.87. The Morgan fingerprint density at radius 2 is 2.15 bits per heavy atom. The van der Waals surface area contributed by atoms with E-state index in [1.54, 1.807) is 11.3 Å². The molecule has 20 heavy (non-hydrogen) atoms. The van der Waals surface area contributed by atoms with Gasteiger partial charge in [-0.1, -0.05) is 19.9 Å². The first-order valence-corrected chi connectivity index (χ1v) is 7.88. The summed E-state index contributed by atoms with van der Waals surface area (Å²) in [5, 5.41) is 5.49. The van der Waals surface area contributed by atoms with Gasteiger partial charge in [0.05, 0.1) is 12.3 Å². The van der Waals surface area contributed by atoms with Crippen molar-refractivity contribution in [2.75, 3.05) is 6.61 Å². The molecule has 0 amide bonds. The monoisotopic (exact) mass is 290 g/mol. The summed E-state index contributed by atoms with van der Waals surface area (Å²) < 4.78 is 5.90. The van der Waals surface area contributed by atoms with Gasteiger partial charge < -0.3 is 10.1 Å². The topological polar surface area (TPSA) is 34.1 Å². The van der Waals surface area contributed by atoms with Crippen LogP contribution in [0.2, 0.25) is 0 Å². The first kappa shape index (κ1) is 15.0. The van der Waals surface area contributed by atoms with Crippen LogP contribution in [0.4, 0.5) is 0 Å². The maximum Gasteiger partial charge on any atom is 0.142 e. The van der Waals surface area contributed by atoms with Crippen LogP contribution in [0.5, 0.6) is 5.75 Å². The molecule has 2 heterocycles. The molecule has 4 heteroatoms. The summed E-state index contributed by atoms with van der Waals surface area (Å²) in [6, 6.07) is 8.68. The summed E-state index contributed by atoms with van der Waals surface area (Å²) in [6.07, 6.45) is 0.947. The van der Waals surface area contributed by atoms with Crippen LogP contribution in [0.15, 0.2) is 29.6 Å². The van der Waals surface area contributed by atoms with Crippen molar-refractivity contribution in [3.8, 4) is 5.75 Å². The molecular weight excluding hydrogens is 268 g/mol. The molecule has 0 saturated heterocycles. The molecule has 0 aromatic carbocycles. The Kier molecular flexibility index (Phi) is 5.56. The van der Waals surface area contributed by atoms with Crippen LogP contribution in [0.3, 0.4) is 0 Å². The molecule has 0 aliphatic heterocycles. The number of thiophene rings is 1. The standard InChI is InChI=1S/C16H22N2OS/c1-12(2)17-11-15-16(7-6-13(3)18-15)19-9-8-14-5-4-10-20-14/h4-7,10,12,17H,8-9,11H2,1-3H3. The first-order chi connectivity index (χ1) is 9.65. The van der Waals surface area contributed by atoms with Crippen LogP contribution in [-0.4, -0.2) is 17.6 Å². The van der Waals surface area contributed by atoms with E-state index >= 15 is 0 Å². The van der Waals surface area contributed by atoms with Gasteiger partial charge in [0.1, 0.15) is 5.75 Å². The zero-order chi connectivity index (χ0) is 14.4. The molecule has 0 unspecified atom stereocenters.